The third kappa shape index (κ3) is 3.18. The number of carbonyl (C=O) groups is 1. The lowest BCUT2D eigenvalue weighted by Crippen LogP contribution is -2.52. The molecule has 0 aromatic carbocycles. The summed E-state index contributed by atoms with van der Waals surface area (Å²) in [5.41, 5.74) is 2.24. The van der Waals surface area contributed by atoms with E-state index in [0.29, 0.717) is 29.3 Å². The SMILES string of the molecule is CC(=O)O[C@H]1CC[C@@]2(C)C(=CCC3C4CC5OC6(CC[C@H](C)CO6)C(C)C5[C@@]4(C)CCC32)C1. The van der Waals surface area contributed by atoms with E-state index in [1.807, 2.05) is 0 Å². The molecule has 2 saturated heterocycles. The molecule has 0 aromatic rings. The van der Waals surface area contributed by atoms with Crippen molar-refractivity contribution in [1.29, 1.82) is 0 Å². The molecule has 184 valence electrons. The van der Waals surface area contributed by atoms with Crippen molar-refractivity contribution in [2.45, 2.75) is 110 Å². The number of allylic oxidation sites excluding steroid dienone is 1. The third-order valence-electron chi connectivity index (χ3n) is 11.7. The van der Waals surface area contributed by atoms with Crippen LogP contribution in [-0.4, -0.2) is 30.6 Å². The molecule has 1 spiro atoms. The summed E-state index contributed by atoms with van der Waals surface area (Å²) in [4.78, 5) is 11.5. The monoisotopic (exact) mass is 456 g/mol. The van der Waals surface area contributed by atoms with Crippen molar-refractivity contribution in [2.75, 3.05) is 6.61 Å². The quantitative estimate of drug-likeness (QED) is 0.344. The summed E-state index contributed by atoms with van der Waals surface area (Å²) in [5.74, 6) is 3.64. The first-order chi connectivity index (χ1) is 15.7. The first-order valence-electron chi connectivity index (χ1n) is 13.8. The van der Waals surface area contributed by atoms with Crippen LogP contribution >= 0.6 is 0 Å². The smallest absolute Gasteiger partial charge is 0.302 e. The number of ether oxygens (including phenoxy) is 3. The largest absolute Gasteiger partial charge is 0.462 e. The molecule has 0 amide bonds. The fourth-order valence-electron chi connectivity index (χ4n) is 9.98. The van der Waals surface area contributed by atoms with Crippen LogP contribution in [0.1, 0.15) is 92.4 Å². The van der Waals surface area contributed by atoms with Gasteiger partial charge in [-0.25, -0.2) is 0 Å². The van der Waals surface area contributed by atoms with Crippen LogP contribution < -0.4 is 0 Å². The average Bonchev–Trinajstić information content (AvgIpc) is 3.21. The molecule has 33 heavy (non-hydrogen) atoms. The van der Waals surface area contributed by atoms with Crippen LogP contribution in [0.5, 0.6) is 0 Å². The van der Waals surface area contributed by atoms with E-state index in [4.69, 9.17) is 14.2 Å². The molecule has 2 aliphatic heterocycles. The van der Waals surface area contributed by atoms with E-state index in [1.165, 1.54) is 32.1 Å². The molecule has 4 aliphatic carbocycles. The fourth-order valence-corrected chi connectivity index (χ4v) is 9.98. The molecular formula is C29H44O4. The highest BCUT2D eigenvalue weighted by atomic mass is 16.7. The van der Waals surface area contributed by atoms with Crippen molar-refractivity contribution in [1.82, 2.24) is 0 Å². The van der Waals surface area contributed by atoms with Gasteiger partial charge in [-0.05, 0) is 85.4 Å². The van der Waals surface area contributed by atoms with Gasteiger partial charge in [0.25, 0.3) is 0 Å². The highest BCUT2D eigenvalue weighted by molar-refractivity contribution is 5.66. The maximum atomic E-state index is 11.5. The van der Waals surface area contributed by atoms with Crippen LogP contribution in [-0.2, 0) is 19.0 Å². The molecule has 0 aromatic heterocycles. The Morgan fingerprint density at radius 3 is 2.64 bits per heavy atom. The Hall–Kier alpha value is -0.870. The van der Waals surface area contributed by atoms with Gasteiger partial charge in [-0.1, -0.05) is 39.3 Å². The maximum absolute atomic E-state index is 11.5. The standard InChI is InChI=1S/C29H44O4/c1-17-8-13-29(31-16-17)18(2)26-25(33-29)15-24-22-7-6-20-14-21(32-19(3)30)9-11-27(20,4)23(22)10-12-28(24,26)5/h6,17-18,21-26H,7-16H2,1-5H3/t17-,18?,21-,22?,23?,24?,25?,26?,27-,28-,29?/m0/s1. The Morgan fingerprint density at radius 1 is 1.09 bits per heavy atom. The average molecular weight is 457 g/mol. The minimum atomic E-state index is -0.312. The number of esters is 1. The Balaban J connectivity index is 1.24. The van der Waals surface area contributed by atoms with Gasteiger partial charge >= 0.3 is 5.97 Å². The summed E-state index contributed by atoms with van der Waals surface area (Å²) in [5, 5.41) is 0. The predicted molar refractivity (Wildman–Crippen MR) is 127 cm³/mol. The van der Waals surface area contributed by atoms with Crippen molar-refractivity contribution in [3.63, 3.8) is 0 Å². The normalized spacial score (nSPS) is 55.2. The Labute approximate surface area is 200 Å². The minimum Gasteiger partial charge on any atom is -0.462 e. The zero-order chi connectivity index (χ0) is 23.2. The molecule has 4 nitrogen and oxygen atoms in total. The van der Waals surface area contributed by atoms with Crippen LogP contribution in [0.2, 0.25) is 0 Å². The molecule has 4 heteroatoms. The topological polar surface area (TPSA) is 44.8 Å². The van der Waals surface area contributed by atoms with Gasteiger partial charge in [0.15, 0.2) is 5.79 Å². The summed E-state index contributed by atoms with van der Waals surface area (Å²) < 4.78 is 19.0. The zero-order valence-electron chi connectivity index (χ0n) is 21.4. The van der Waals surface area contributed by atoms with E-state index >= 15 is 0 Å². The molecule has 6 rings (SSSR count). The van der Waals surface area contributed by atoms with Crippen LogP contribution in [0.3, 0.4) is 0 Å². The lowest BCUT2D eigenvalue weighted by Gasteiger charge is -2.58. The van der Waals surface area contributed by atoms with Gasteiger partial charge in [0.1, 0.15) is 6.10 Å². The first kappa shape index (κ1) is 22.6. The summed E-state index contributed by atoms with van der Waals surface area (Å²) in [6.45, 7) is 12.3. The van der Waals surface area contributed by atoms with Crippen molar-refractivity contribution in [3.05, 3.63) is 11.6 Å². The van der Waals surface area contributed by atoms with Gasteiger partial charge in [-0.15, -0.1) is 0 Å². The number of hydrogen-bond donors (Lipinski definition) is 0. The summed E-state index contributed by atoms with van der Waals surface area (Å²) in [6.07, 6.45) is 13.6. The van der Waals surface area contributed by atoms with Crippen LogP contribution in [0.15, 0.2) is 11.6 Å². The molecule has 0 bridgehead atoms. The number of carbonyl (C=O) groups excluding carboxylic acids is 1. The molecule has 3 saturated carbocycles. The van der Waals surface area contributed by atoms with Gasteiger partial charge in [0.2, 0.25) is 0 Å². The van der Waals surface area contributed by atoms with Gasteiger partial charge < -0.3 is 14.2 Å². The van der Waals surface area contributed by atoms with E-state index < -0.39 is 0 Å². The van der Waals surface area contributed by atoms with Crippen molar-refractivity contribution in [2.24, 2.45) is 46.3 Å². The Morgan fingerprint density at radius 2 is 1.91 bits per heavy atom. The molecule has 2 heterocycles. The number of hydrogen-bond acceptors (Lipinski definition) is 4. The molecule has 11 atom stereocenters. The fraction of sp³-hybridized carbons (Fsp3) is 0.897. The molecule has 0 radical (unpaired) electrons. The third-order valence-corrected chi connectivity index (χ3v) is 11.7. The van der Waals surface area contributed by atoms with E-state index in [9.17, 15) is 4.79 Å². The number of rotatable bonds is 1. The highest BCUT2D eigenvalue weighted by Crippen LogP contribution is 2.70. The molecule has 7 unspecified atom stereocenters. The van der Waals surface area contributed by atoms with Crippen molar-refractivity contribution >= 4 is 5.97 Å². The van der Waals surface area contributed by atoms with Crippen LogP contribution in [0.25, 0.3) is 0 Å². The molecule has 5 fully saturated rings. The first-order valence-corrected chi connectivity index (χ1v) is 13.8. The molecule has 0 N–H and O–H groups in total. The summed E-state index contributed by atoms with van der Waals surface area (Å²) in [7, 11) is 0. The van der Waals surface area contributed by atoms with Crippen molar-refractivity contribution < 1.29 is 19.0 Å². The lowest BCUT2D eigenvalue weighted by molar-refractivity contribution is -0.272. The van der Waals surface area contributed by atoms with E-state index in [0.717, 1.165) is 50.0 Å². The van der Waals surface area contributed by atoms with Crippen LogP contribution in [0, 0.1) is 46.3 Å². The maximum Gasteiger partial charge on any atom is 0.302 e. The van der Waals surface area contributed by atoms with E-state index in [2.05, 4.69) is 33.8 Å². The van der Waals surface area contributed by atoms with Gasteiger partial charge in [-0.2, -0.15) is 0 Å². The zero-order valence-corrected chi connectivity index (χ0v) is 21.4. The lowest BCUT2D eigenvalue weighted by atomic mass is 9.47. The highest BCUT2D eigenvalue weighted by Gasteiger charge is 2.68. The Kier molecular flexibility index (Phi) is 5.18. The van der Waals surface area contributed by atoms with Crippen molar-refractivity contribution in [3.8, 4) is 0 Å². The minimum absolute atomic E-state index is 0.0849. The predicted octanol–water partition coefficient (Wildman–Crippen LogP) is 6.28. The van der Waals surface area contributed by atoms with E-state index in [-0.39, 0.29) is 23.3 Å². The number of fused-ring (bicyclic) bond motifs is 7. The van der Waals surface area contributed by atoms with Gasteiger partial charge in [-0.3, -0.25) is 4.79 Å². The summed E-state index contributed by atoms with van der Waals surface area (Å²) >= 11 is 0. The Bertz CT molecular complexity index is 841. The summed E-state index contributed by atoms with van der Waals surface area (Å²) in [6, 6.07) is 0. The second kappa shape index (κ2) is 7.56. The molecule has 6 aliphatic rings. The van der Waals surface area contributed by atoms with Crippen LogP contribution in [0.4, 0.5) is 0 Å². The van der Waals surface area contributed by atoms with Gasteiger partial charge in [0.05, 0.1) is 12.7 Å². The van der Waals surface area contributed by atoms with Gasteiger partial charge in [0, 0.05) is 25.7 Å². The molecular weight excluding hydrogens is 412 g/mol. The second-order valence-electron chi connectivity index (χ2n) is 13.3. The van der Waals surface area contributed by atoms with E-state index in [1.54, 1.807) is 12.5 Å². The second-order valence-corrected chi connectivity index (χ2v) is 13.3.